The molecule has 0 aromatic carbocycles. The molecular formula is C17H28N2O. The number of likely N-dealkylation sites (tertiary alicyclic amines) is 1. The predicted molar refractivity (Wildman–Crippen MR) is 81.6 cm³/mol. The topological polar surface area (TPSA) is 28.4 Å². The first-order valence-corrected chi connectivity index (χ1v) is 8.17. The van der Waals surface area contributed by atoms with Crippen molar-refractivity contribution in [1.82, 2.24) is 10.2 Å². The van der Waals surface area contributed by atoms with E-state index in [9.17, 15) is 0 Å². The highest BCUT2D eigenvalue weighted by molar-refractivity contribution is 5.20. The molecule has 1 saturated carbocycles. The van der Waals surface area contributed by atoms with Crippen molar-refractivity contribution in [2.24, 2.45) is 5.92 Å². The number of furan rings is 1. The Hall–Kier alpha value is -0.800. The Kier molecular flexibility index (Phi) is 4.18. The summed E-state index contributed by atoms with van der Waals surface area (Å²) in [6.45, 7) is 9.95. The van der Waals surface area contributed by atoms with Gasteiger partial charge in [0.25, 0.3) is 0 Å². The molecule has 1 aliphatic heterocycles. The van der Waals surface area contributed by atoms with E-state index in [0.29, 0.717) is 6.04 Å². The zero-order chi connectivity index (χ0) is 14.1. The maximum Gasteiger partial charge on any atom is 0.120 e. The third kappa shape index (κ3) is 3.44. The number of aryl methyl sites for hydroxylation is 1. The molecule has 0 spiro atoms. The molecule has 0 amide bonds. The van der Waals surface area contributed by atoms with E-state index in [4.69, 9.17) is 4.42 Å². The van der Waals surface area contributed by atoms with Crippen molar-refractivity contribution in [3.05, 3.63) is 23.2 Å². The summed E-state index contributed by atoms with van der Waals surface area (Å²) in [5, 5.41) is 3.54. The zero-order valence-electron chi connectivity index (χ0n) is 13.1. The molecule has 1 aliphatic carbocycles. The van der Waals surface area contributed by atoms with Crippen LogP contribution < -0.4 is 5.32 Å². The summed E-state index contributed by atoms with van der Waals surface area (Å²) in [4.78, 5) is 2.57. The van der Waals surface area contributed by atoms with Crippen LogP contribution in [0.3, 0.4) is 0 Å². The van der Waals surface area contributed by atoms with Gasteiger partial charge in [-0.25, -0.2) is 0 Å². The molecule has 0 radical (unpaired) electrons. The molecule has 1 N–H and O–H groups in total. The smallest absolute Gasteiger partial charge is 0.120 e. The Labute approximate surface area is 122 Å². The van der Waals surface area contributed by atoms with Crippen molar-refractivity contribution >= 4 is 0 Å². The van der Waals surface area contributed by atoms with Crippen molar-refractivity contribution in [2.45, 2.75) is 71.6 Å². The fourth-order valence-corrected chi connectivity index (χ4v) is 3.26. The van der Waals surface area contributed by atoms with Crippen molar-refractivity contribution in [3.8, 4) is 0 Å². The van der Waals surface area contributed by atoms with E-state index in [0.717, 1.165) is 36.6 Å². The molecular weight excluding hydrogens is 248 g/mol. The van der Waals surface area contributed by atoms with Crippen LogP contribution >= 0.6 is 0 Å². The van der Waals surface area contributed by atoms with Crippen LogP contribution in [-0.4, -0.2) is 23.5 Å². The van der Waals surface area contributed by atoms with Gasteiger partial charge in [-0.05, 0) is 63.6 Å². The molecule has 2 fully saturated rings. The van der Waals surface area contributed by atoms with Gasteiger partial charge in [-0.3, -0.25) is 4.90 Å². The average Bonchev–Trinajstić information content (AvgIpc) is 3.15. The Morgan fingerprint density at radius 2 is 2.10 bits per heavy atom. The van der Waals surface area contributed by atoms with Gasteiger partial charge in [-0.15, -0.1) is 0 Å². The predicted octanol–water partition coefficient (Wildman–Crippen LogP) is 3.46. The first-order chi connectivity index (χ1) is 9.61. The lowest BCUT2D eigenvalue weighted by atomic mass is 9.93. The minimum absolute atomic E-state index is 0.678. The van der Waals surface area contributed by atoms with E-state index in [2.05, 4.69) is 37.1 Å². The van der Waals surface area contributed by atoms with E-state index in [1.54, 1.807) is 0 Å². The van der Waals surface area contributed by atoms with Crippen LogP contribution in [0.2, 0.25) is 0 Å². The number of rotatable bonds is 5. The maximum atomic E-state index is 6.07. The third-order valence-electron chi connectivity index (χ3n) is 4.84. The molecule has 2 heterocycles. The summed E-state index contributed by atoms with van der Waals surface area (Å²) in [6.07, 6.45) is 5.29. The standard InChI is InChI=1S/C17H28N2O/c1-12-6-7-19(14(3)8-12)11-16-9-13(2)17(20-16)10-18-15-4-5-15/h9,12,14-15,18H,4-8,10-11H2,1-3H3. The number of hydrogen-bond donors (Lipinski definition) is 1. The lowest BCUT2D eigenvalue weighted by Crippen LogP contribution is -2.39. The van der Waals surface area contributed by atoms with Gasteiger partial charge in [0.2, 0.25) is 0 Å². The average molecular weight is 276 g/mol. The molecule has 3 nitrogen and oxygen atoms in total. The fraction of sp³-hybridized carbons (Fsp3) is 0.765. The van der Waals surface area contributed by atoms with E-state index in [1.165, 1.54) is 37.8 Å². The zero-order valence-corrected chi connectivity index (χ0v) is 13.1. The second-order valence-electron chi connectivity index (χ2n) is 6.92. The Morgan fingerprint density at radius 1 is 1.30 bits per heavy atom. The van der Waals surface area contributed by atoms with Gasteiger partial charge in [0.15, 0.2) is 0 Å². The molecule has 2 atom stereocenters. The molecule has 1 aromatic rings. The second kappa shape index (κ2) is 5.90. The molecule has 2 aliphatic rings. The van der Waals surface area contributed by atoms with E-state index >= 15 is 0 Å². The Morgan fingerprint density at radius 3 is 2.80 bits per heavy atom. The van der Waals surface area contributed by atoms with Crippen molar-refractivity contribution in [2.75, 3.05) is 6.54 Å². The molecule has 3 heteroatoms. The lowest BCUT2D eigenvalue weighted by molar-refractivity contribution is 0.113. The van der Waals surface area contributed by atoms with Crippen molar-refractivity contribution < 1.29 is 4.42 Å². The SMILES string of the molecule is Cc1cc(CN2CCC(C)CC2C)oc1CNC1CC1. The summed E-state index contributed by atoms with van der Waals surface area (Å²) in [5.74, 6) is 3.14. The van der Waals surface area contributed by atoms with Crippen LogP contribution in [-0.2, 0) is 13.1 Å². The monoisotopic (exact) mass is 276 g/mol. The summed E-state index contributed by atoms with van der Waals surface area (Å²) in [7, 11) is 0. The van der Waals surface area contributed by atoms with Gasteiger partial charge in [0.05, 0.1) is 13.1 Å². The Bertz CT molecular complexity index is 450. The van der Waals surface area contributed by atoms with Crippen LogP contribution in [0.25, 0.3) is 0 Å². The second-order valence-corrected chi connectivity index (χ2v) is 6.92. The highest BCUT2D eigenvalue weighted by atomic mass is 16.3. The maximum absolute atomic E-state index is 6.07. The largest absolute Gasteiger partial charge is 0.463 e. The van der Waals surface area contributed by atoms with E-state index < -0.39 is 0 Å². The highest BCUT2D eigenvalue weighted by Crippen LogP contribution is 2.26. The molecule has 2 unspecified atom stereocenters. The summed E-state index contributed by atoms with van der Waals surface area (Å²) in [6, 6.07) is 3.65. The van der Waals surface area contributed by atoms with Crippen LogP contribution in [0, 0.1) is 12.8 Å². The first-order valence-electron chi connectivity index (χ1n) is 8.17. The molecule has 1 aromatic heterocycles. The van der Waals surface area contributed by atoms with Gasteiger partial charge in [0, 0.05) is 12.1 Å². The van der Waals surface area contributed by atoms with Crippen LogP contribution in [0.4, 0.5) is 0 Å². The van der Waals surface area contributed by atoms with Crippen molar-refractivity contribution in [3.63, 3.8) is 0 Å². The third-order valence-corrected chi connectivity index (χ3v) is 4.84. The van der Waals surface area contributed by atoms with Crippen LogP contribution in [0.15, 0.2) is 10.5 Å². The Balaban J connectivity index is 1.57. The van der Waals surface area contributed by atoms with Crippen LogP contribution in [0.1, 0.15) is 56.6 Å². The molecule has 20 heavy (non-hydrogen) atoms. The molecule has 0 bridgehead atoms. The number of piperidine rings is 1. The summed E-state index contributed by atoms with van der Waals surface area (Å²) in [5.41, 5.74) is 1.30. The fourth-order valence-electron chi connectivity index (χ4n) is 3.26. The highest BCUT2D eigenvalue weighted by Gasteiger charge is 2.24. The summed E-state index contributed by atoms with van der Waals surface area (Å²) >= 11 is 0. The number of hydrogen-bond acceptors (Lipinski definition) is 3. The van der Waals surface area contributed by atoms with Crippen LogP contribution in [0.5, 0.6) is 0 Å². The van der Waals surface area contributed by atoms with Gasteiger partial charge < -0.3 is 9.73 Å². The minimum Gasteiger partial charge on any atom is -0.463 e. The molecule has 3 rings (SSSR count). The normalized spacial score (nSPS) is 27.9. The minimum atomic E-state index is 0.678. The molecule has 112 valence electrons. The lowest BCUT2D eigenvalue weighted by Gasteiger charge is -2.35. The quantitative estimate of drug-likeness (QED) is 0.892. The van der Waals surface area contributed by atoms with Gasteiger partial charge in [-0.1, -0.05) is 6.92 Å². The van der Waals surface area contributed by atoms with E-state index in [1.807, 2.05) is 0 Å². The number of nitrogens with one attached hydrogen (secondary N) is 1. The molecule has 1 saturated heterocycles. The van der Waals surface area contributed by atoms with Crippen molar-refractivity contribution in [1.29, 1.82) is 0 Å². The van der Waals surface area contributed by atoms with Gasteiger partial charge in [-0.2, -0.15) is 0 Å². The van der Waals surface area contributed by atoms with Gasteiger partial charge in [0.1, 0.15) is 11.5 Å². The number of nitrogens with zero attached hydrogens (tertiary/aromatic N) is 1. The summed E-state index contributed by atoms with van der Waals surface area (Å²) < 4.78 is 6.07. The first kappa shape index (κ1) is 14.2. The van der Waals surface area contributed by atoms with E-state index in [-0.39, 0.29) is 0 Å². The van der Waals surface area contributed by atoms with Gasteiger partial charge >= 0.3 is 0 Å².